The van der Waals surface area contributed by atoms with Crippen LogP contribution < -0.4 is 5.73 Å². The first-order chi connectivity index (χ1) is 12.0. The van der Waals surface area contributed by atoms with Gasteiger partial charge in [0.2, 0.25) is 0 Å². The summed E-state index contributed by atoms with van der Waals surface area (Å²) < 4.78 is 0. The average molecular weight is 339 g/mol. The molecule has 2 atom stereocenters. The minimum Gasteiger partial charge on any atom is -0.481 e. The summed E-state index contributed by atoms with van der Waals surface area (Å²) in [5.41, 5.74) is 8.33. The van der Waals surface area contributed by atoms with Gasteiger partial charge in [-0.3, -0.25) is 14.6 Å². The predicted molar refractivity (Wildman–Crippen MR) is 94.9 cm³/mol. The van der Waals surface area contributed by atoms with Crippen LogP contribution in [0.15, 0.2) is 42.6 Å². The highest BCUT2D eigenvalue weighted by Crippen LogP contribution is 2.30. The molecule has 1 fully saturated rings. The van der Waals surface area contributed by atoms with Gasteiger partial charge in [-0.05, 0) is 25.8 Å². The van der Waals surface area contributed by atoms with Gasteiger partial charge in [0, 0.05) is 24.3 Å². The molecule has 130 valence electrons. The monoisotopic (exact) mass is 339 g/mol. The largest absolute Gasteiger partial charge is 0.481 e. The molecule has 6 nitrogen and oxygen atoms in total. The van der Waals surface area contributed by atoms with Gasteiger partial charge in [-0.15, -0.1) is 0 Å². The molecule has 3 N–H and O–H groups in total. The maximum Gasteiger partial charge on any atom is 0.308 e. The number of carboxylic acids is 1. The Labute approximate surface area is 146 Å². The Morgan fingerprint density at radius 3 is 2.64 bits per heavy atom. The normalized spacial score (nSPS) is 20.3. The minimum absolute atomic E-state index is 0.240. The second-order valence-electron chi connectivity index (χ2n) is 6.31. The first kappa shape index (κ1) is 17.0. The number of aliphatic carboxylic acids is 1. The first-order valence-electron chi connectivity index (χ1n) is 8.34. The molecule has 1 saturated heterocycles. The van der Waals surface area contributed by atoms with Crippen molar-refractivity contribution in [1.82, 2.24) is 9.88 Å². The highest BCUT2D eigenvalue weighted by molar-refractivity contribution is 6.02. The Morgan fingerprint density at radius 2 is 1.96 bits per heavy atom. The first-order valence-corrected chi connectivity index (χ1v) is 8.34. The average Bonchev–Trinajstić information content (AvgIpc) is 2.62. The van der Waals surface area contributed by atoms with Crippen LogP contribution in [0.25, 0.3) is 11.3 Å². The molecule has 0 unspecified atom stereocenters. The molecule has 0 aliphatic carbocycles. The van der Waals surface area contributed by atoms with Crippen molar-refractivity contribution in [2.75, 3.05) is 12.3 Å². The molecule has 3 rings (SSSR count). The van der Waals surface area contributed by atoms with Crippen molar-refractivity contribution in [3.63, 3.8) is 0 Å². The lowest BCUT2D eigenvalue weighted by atomic mass is 9.89. The zero-order valence-electron chi connectivity index (χ0n) is 14.1. The summed E-state index contributed by atoms with van der Waals surface area (Å²) in [6.45, 7) is 2.32. The number of hydrogen-bond acceptors (Lipinski definition) is 4. The summed E-state index contributed by atoms with van der Waals surface area (Å²) in [6, 6.07) is 10.7. The molecule has 2 aromatic rings. The number of aromatic nitrogens is 1. The van der Waals surface area contributed by atoms with Gasteiger partial charge in [0.25, 0.3) is 5.91 Å². The van der Waals surface area contributed by atoms with Gasteiger partial charge in [0.15, 0.2) is 0 Å². The summed E-state index contributed by atoms with van der Waals surface area (Å²) in [5.74, 6) is -1.65. The predicted octanol–water partition coefficient (Wildman–Crippen LogP) is 2.66. The number of piperidine rings is 1. The van der Waals surface area contributed by atoms with Gasteiger partial charge < -0.3 is 15.7 Å². The standard InChI is InChI=1S/C19H21N3O3/c1-12-14(19(24)25)8-5-11-22(12)18(23)15-9-10-21-17(16(15)20)13-6-3-2-4-7-13/h2-4,6-7,9-10,12,14H,5,8,11,20H2,1H3,(H,24,25)/t12-,14-/m1/s1. The van der Waals surface area contributed by atoms with Crippen molar-refractivity contribution in [3.05, 3.63) is 48.2 Å². The van der Waals surface area contributed by atoms with Crippen molar-refractivity contribution in [3.8, 4) is 11.3 Å². The van der Waals surface area contributed by atoms with E-state index >= 15 is 0 Å². The number of pyridine rings is 1. The third-order valence-electron chi connectivity index (χ3n) is 4.83. The van der Waals surface area contributed by atoms with Crippen LogP contribution in [0, 0.1) is 5.92 Å². The summed E-state index contributed by atoms with van der Waals surface area (Å²) >= 11 is 0. The Morgan fingerprint density at radius 1 is 1.24 bits per heavy atom. The molecule has 1 aromatic heterocycles. The second-order valence-corrected chi connectivity index (χ2v) is 6.31. The lowest BCUT2D eigenvalue weighted by molar-refractivity contribution is -0.144. The fourth-order valence-electron chi connectivity index (χ4n) is 3.40. The molecule has 2 heterocycles. The van der Waals surface area contributed by atoms with Crippen molar-refractivity contribution >= 4 is 17.6 Å². The number of anilines is 1. The highest BCUT2D eigenvalue weighted by Gasteiger charge is 2.36. The van der Waals surface area contributed by atoms with Crippen molar-refractivity contribution in [2.24, 2.45) is 5.92 Å². The number of nitrogens with two attached hydrogens (primary N) is 1. The zero-order valence-corrected chi connectivity index (χ0v) is 14.1. The van der Waals surface area contributed by atoms with Gasteiger partial charge in [-0.2, -0.15) is 0 Å². The lowest BCUT2D eigenvalue weighted by Gasteiger charge is -2.37. The smallest absolute Gasteiger partial charge is 0.308 e. The number of likely N-dealkylation sites (tertiary alicyclic amines) is 1. The number of amides is 1. The summed E-state index contributed by atoms with van der Waals surface area (Å²) in [5, 5.41) is 9.35. The Hall–Kier alpha value is -2.89. The van der Waals surface area contributed by atoms with E-state index in [1.54, 1.807) is 24.1 Å². The molecule has 1 aliphatic rings. The Bertz CT molecular complexity index is 792. The summed E-state index contributed by atoms with van der Waals surface area (Å²) in [7, 11) is 0. The van der Waals surface area contributed by atoms with E-state index in [-0.39, 0.29) is 11.9 Å². The second kappa shape index (κ2) is 6.93. The molecule has 1 aromatic carbocycles. The van der Waals surface area contributed by atoms with Crippen LogP contribution in [0.4, 0.5) is 5.69 Å². The number of rotatable bonds is 3. The van der Waals surface area contributed by atoms with E-state index in [9.17, 15) is 14.7 Å². The fourth-order valence-corrected chi connectivity index (χ4v) is 3.40. The van der Waals surface area contributed by atoms with Crippen LogP contribution in [0.5, 0.6) is 0 Å². The van der Waals surface area contributed by atoms with E-state index in [4.69, 9.17) is 5.73 Å². The fraction of sp³-hybridized carbons (Fsp3) is 0.316. The molecule has 25 heavy (non-hydrogen) atoms. The van der Waals surface area contributed by atoms with Crippen LogP contribution in [-0.2, 0) is 4.79 Å². The topological polar surface area (TPSA) is 96.5 Å². The molecule has 1 aliphatic heterocycles. The zero-order chi connectivity index (χ0) is 18.0. The van der Waals surface area contributed by atoms with E-state index in [1.165, 1.54) is 0 Å². The van der Waals surface area contributed by atoms with Crippen molar-refractivity contribution in [2.45, 2.75) is 25.8 Å². The van der Waals surface area contributed by atoms with Crippen LogP contribution in [0.1, 0.15) is 30.1 Å². The van der Waals surface area contributed by atoms with Crippen LogP contribution in [0.2, 0.25) is 0 Å². The number of carbonyl (C=O) groups excluding carboxylic acids is 1. The molecule has 0 saturated carbocycles. The molecule has 0 spiro atoms. The molecule has 0 radical (unpaired) electrons. The quantitative estimate of drug-likeness (QED) is 0.896. The molecule has 0 bridgehead atoms. The van der Waals surface area contributed by atoms with Gasteiger partial charge in [-0.25, -0.2) is 0 Å². The Kier molecular flexibility index (Phi) is 4.70. The van der Waals surface area contributed by atoms with E-state index in [0.717, 1.165) is 5.56 Å². The number of nitrogens with zero attached hydrogens (tertiary/aromatic N) is 2. The van der Waals surface area contributed by atoms with E-state index in [0.29, 0.717) is 36.3 Å². The molecule has 1 amide bonds. The lowest BCUT2D eigenvalue weighted by Crippen LogP contribution is -2.49. The highest BCUT2D eigenvalue weighted by atomic mass is 16.4. The summed E-state index contributed by atoms with van der Waals surface area (Å²) in [6.07, 6.45) is 2.82. The van der Waals surface area contributed by atoms with Gasteiger partial charge >= 0.3 is 5.97 Å². The SMILES string of the molecule is C[C@@H]1[C@H](C(=O)O)CCCN1C(=O)c1ccnc(-c2ccccc2)c1N. The number of carboxylic acid groups (broad SMARTS) is 1. The van der Waals surface area contributed by atoms with E-state index in [2.05, 4.69) is 4.98 Å². The minimum atomic E-state index is -0.863. The third-order valence-corrected chi connectivity index (χ3v) is 4.83. The van der Waals surface area contributed by atoms with E-state index in [1.807, 2.05) is 30.3 Å². The maximum absolute atomic E-state index is 13.0. The van der Waals surface area contributed by atoms with Crippen molar-refractivity contribution < 1.29 is 14.7 Å². The van der Waals surface area contributed by atoms with Gasteiger partial charge in [0.05, 0.1) is 22.9 Å². The molecular weight excluding hydrogens is 318 g/mol. The summed E-state index contributed by atoms with van der Waals surface area (Å²) in [4.78, 5) is 30.3. The Balaban J connectivity index is 1.94. The van der Waals surface area contributed by atoms with Crippen LogP contribution in [-0.4, -0.2) is 39.5 Å². The van der Waals surface area contributed by atoms with Crippen molar-refractivity contribution in [1.29, 1.82) is 0 Å². The molecule has 6 heteroatoms. The maximum atomic E-state index is 13.0. The van der Waals surface area contributed by atoms with Crippen LogP contribution >= 0.6 is 0 Å². The number of nitrogen functional groups attached to an aromatic ring is 1. The van der Waals surface area contributed by atoms with Crippen LogP contribution in [0.3, 0.4) is 0 Å². The number of hydrogen-bond donors (Lipinski definition) is 2. The van der Waals surface area contributed by atoms with Gasteiger partial charge in [0.1, 0.15) is 0 Å². The number of benzene rings is 1. The third kappa shape index (κ3) is 3.20. The number of carbonyl (C=O) groups is 2. The molecular formula is C19H21N3O3. The van der Waals surface area contributed by atoms with E-state index < -0.39 is 11.9 Å². The van der Waals surface area contributed by atoms with Gasteiger partial charge in [-0.1, -0.05) is 30.3 Å².